The Morgan fingerprint density at radius 3 is 2.05 bits per heavy atom. The van der Waals surface area contributed by atoms with Crippen LogP contribution in [0.4, 0.5) is 5.69 Å². The van der Waals surface area contributed by atoms with Crippen molar-refractivity contribution in [2.45, 2.75) is 12.8 Å². The number of halogens is 1. The number of anilines is 1. The molecule has 3 aromatic rings. The molecule has 0 unspecified atom stereocenters. The number of carbonyl (C=O) groups excluding carboxylic acids is 2. The fourth-order valence-corrected chi connectivity index (χ4v) is 6.22. The van der Waals surface area contributed by atoms with Gasteiger partial charge in [0.15, 0.2) is 11.5 Å². The lowest BCUT2D eigenvalue weighted by Crippen LogP contribution is -2.51. The molecule has 0 aliphatic carbocycles. The first-order chi connectivity index (χ1) is 19.9. The molecule has 0 radical (unpaired) electrons. The van der Waals surface area contributed by atoms with Crippen molar-refractivity contribution < 1.29 is 23.8 Å². The van der Waals surface area contributed by atoms with Crippen LogP contribution in [0.5, 0.6) is 17.2 Å². The predicted octanol–water partition coefficient (Wildman–Crippen LogP) is 4.88. The van der Waals surface area contributed by atoms with Crippen LogP contribution in [0, 0.1) is 12.8 Å². The van der Waals surface area contributed by atoms with Crippen molar-refractivity contribution in [2.75, 3.05) is 65.5 Å². The van der Waals surface area contributed by atoms with Gasteiger partial charge in [-0.1, -0.05) is 41.9 Å². The smallest absolute Gasteiger partial charge is 0.255 e. The number of hydrogen-bond acceptors (Lipinski definition) is 6. The molecule has 2 amide bonds. The van der Waals surface area contributed by atoms with Crippen LogP contribution >= 0.6 is 11.6 Å². The summed E-state index contributed by atoms with van der Waals surface area (Å²) in [5.41, 5.74) is 3.70. The Labute approximate surface area is 246 Å². The van der Waals surface area contributed by atoms with Crippen molar-refractivity contribution in [1.82, 2.24) is 9.80 Å². The Hall–Kier alpha value is -3.91. The maximum atomic E-state index is 14.2. The molecule has 3 aromatic carbocycles. The second-order valence-electron chi connectivity index (χ2n) is 10.5. The number of nitrogens with zero attached hydrogens (tertiary/aromatic N) is 3. The van der Waals surface area contributed by atoms with Gasteiger partial charge in [-0.25, -0.2) is 0 Å². The number of methoxy groups -OCH3 is 3. The number of carbonyl (C=O) groups is 2. The minimum absolute atomic E-state index is 0.0441. The highest BCUT2D eigenvalue weighted by atomic mass is 35.5. The van der Waals surface area contributed by atoms with Gasteiger partial charge in [0, 0.05) is 50.9 Å². The molecular weight excluding hydrogens is 542 g/mol. The third kappa shape index (κ3) is 5.66. The van der Waals surface area contributed by atoms with Gasteiger partial charge in [0.2, 0.25) is 11.7 Å². The van der Waals surface area contributed by atoms with E-state index in [2.05, 4.69) is 24.0 Å². The van der Waals surface area contributed by atoms with Crippen LogP contribution in [0.1, 0.15) is 27.4 Å². The lowest BCUT2D eigenvalue weighted by molar-refractivity contribution is -0.135. The highest BCUT2D eigenvalue weighted by molar-refractivity contribution is 6.33. The van der Waals surface area contributed by atoms with Gasteiger partial charge in [-0.15, -0.1) is 0 Å². The summed E-state index contributed by atoms with van der Waals surface area (Å²) in [5.74, 6) is 0.657. The molecule has 2 atom stereocenters. The molecule has 0 N–H and O–H groups in total. The highest BCUT2D eigenvalue weighted by Crippen LogP contribution is 2.44. The molecule has 2 saturated heterocycles. The number of ether oxygens (including phenoxy) is 3. The standard InChI is InChI=1S/C32H36ClN3O5/c1-21-9-5-8-12-27(21)34-13-15-35(16-14-34)32(38)25-20-36(31(37)23-10-6-7-11-26(23)33)19-24(25)22-17-28(39-2)30(41-4)29(18-22)40-3/h5-12,17-18,24-25H,13-16,19-20H2,1-4H3/t24-,25+/m0/s1. The Balaban J connectivity index is 1.43. The molecule has 2 heterocycles. The monoisotopic (exact) mass is 577 g/mol. The van der Waals surface area contributed by atoms with E-state index in [1.807, 2.05) is 29.2 Å². The topological polar surface area (TPSA) is 71.6 Å². The zero-order valence-electron chi connectivity index (χ0n) is 23.9. The molecule has 216 valence electrons. The largest absolute Gasteiger partial charge is 0.493 e. The van der Waals surface area contributed by atoms with E-state index < -0.39 is 5.92 Å². The Morgan fingerprint density at radius 1 is 0.805 bits per heavy atom. The molecule has 0 bridgehead atoms. The SMILES string of the molecule is COc1cc([C@@H]2CN(C(=O)c3ccccc3Cl)C[C@H]2C(=O)N2CCN(c3ccccc3C)CC2)cc(OC)c1OC. The van der Waals surface area contributed by atoms with Crippen LogP contribution < -0.4 is 19.1 Å². The summed E-state index contributed by atoms with van der Waals surface area (Å²) in [7, 11) is 4.70. The normalized spacial score (nSPS) is 18.8. The minimum atomic E-state index is -0.436. The van der Waals surface area contributed by atoms with Gasteiger partial charge >= 0.3 is 0 Å². The van der Waals surface area contributed by atoms with Crippen LogP contribution in [0.2, 0.25) is 5.02 Å². The third-order valence-electron chi connectivity index (χ3n) is 8.19. The van der Waals surface area contributed by atoms with E-state index >= 15 is 0 Å². The van der Waals surface area contributed by atoms with Crippen LogP contribution in [-0.4, -0.2) is 82.2 Å². The van der Waals surface area contributed by atoms with Crippen LogP contribution in [-0.2, 0) is 4.79 Å². The van der Waals surface area contributed by atoms with E-state index in [0.717, 1.165) is 18.7 Å². The third-order valence-corrected chi connectivity index (χ3v) is 8.52. The molecule has 2 aliphatic rings. The fourth-order valence-electron chi connectivity index (χ4n) is 6.00. The van der Waals surface area contributed by atoms with Gasteiger partial charge in [0.1, 0.15) is 0 Å². The summed E-state index contributed by atoms with van der Waals surface area (Å²) in [6.07, 6.45) is 0. The molecule has 0 spiro atoms. The van der Waals surface area contributed by atoms with Crippen molar-refractivity contribution >= 4 is 29.1 Å². The van der Waals surface area contributed by atoms with E-state index in [4.69, 9.17) is 25.8 Å². The van der Waals surface area contributed by atoms with Gasteiger partial charge in [-0.2, -0.15) is 0 Å². The minimum Gasteiger partial charge on any atom is -0.493 e. The van der Waals surface area contributed by atoms with Crippen molar-refractivity contribution in [2.24, 2.45) is 5.92 Å². The fraction of sp³-hybridized carbons (Fsp3) is 0.375. The summed E-state index contributed by atoms with van der Waals surface area (Å²) in [5, 5.41) is 0.393. The van der Waals surface area contributed by atoms with Gasteiger partial charge in [0.25, 0.3) is 5.91 Å². The molecule has 8 nitrogen and oxygen atoms in total. The number of likely N-dealkylation sites (tertiary alicyclic amines) is 1. The first kappa shape index (κ1) is 28.6. The van der Waals surface area contributed by atoms with E-state index in [-0.39, 0.29) is 17.7 Å². The lowest BCUT2D eigenvalue weighted by atomic mass is 9.87. The number of benzene rings is 3. The van der Waals surface area contributed by atoms with Gasteiger partial charge in [0.05, 0.1) is 37.8 Å². The second-order valence-corrected chi connectivity index (χ2v) is 10.9. The lowest BCUT2D eigenvalue weighted by Gasteiger charge is -2.38. The van der Waals surface area contributed by atoms with Crippen LogP contribution in [0.15, 0.2) is 60.7 Å². The predicted molar refractivity (Wildman–Crippen MR) is 160 cm³/mol. The van der Waals surface area contributed by atoms with Crippen LogP contribution in [0.25, 0.3) is 0 Å². The molecule has 41 heavy (non-hydrogen) atoms. The molecular formula is C32H36ClN3O5. The second kappa shape index (κ2) is 12.3. The van der Waals surface area contributed by atoms with E-state index in [9.17, 15) is 9.59 Å². The van der Waals surface area contributed by atoms with Gasteiger partial charge in [-0.05, 0) is 48.4 Å². The average Bonchev–Trinajstić information content (AvgIpc) is 3.46. The number of piperazine rings is 1. The number of rotatable bonds is 7. The highest BCUT2D eigenvalue weighted by Gasteiger charge is 2.43. The Morgan fingerprint density at radius 2 is 1.44 bits per heavy atom. The summed E-state index contributed by atoms with van der Waals surface area (Å²) in [6, 6.07) is 19.1. The van der Waals surface area contributed by atoms with Gasteiger partial charge in [-0.3, -0.25) is 9.59 Å². The summed E-state index contributed by atoms with van der Waals surface area (Å²) in [6.45, 7) is 5.50. The average molecular weight is 578 g/mol. The number of para-hydroxylation sites is 1. The summed E-state index contributed by atoms with van der Waals surface area (Å²) >= 11 is 6.39. The summed E-state index contributed by atoms with van der Waals surface area (Å²) in [4.78, 5) is 33.8. The summed E-state index contributed by atoms with van der Waals surface area (Å²) < 4.78 is 16.7. The molecule has 5 rings (SSSR count). The van der Waals surface area contributed by atoms with E-state index in [1.54, 1.807) is 50.5 Å². The Kier molecular flexibility index (Phi) is 8.59. The van der Waals surface area contributed by atoms with E-state index in [0.29, 0.717) is 54.0 Å². The number of hydrogen-bond donors (Lipinski definition) is 0. The molecule has 2 fully saturated rings. The first-order valence-electron chi connectivity index (χ1n) is 13.8. The Bertz CT molecular complexity index is 1400. The zero-order chi connectivity index (χ0) is 29.1. The van der Waals surface area contributed by atoms with Crippen LogP contribution in [0.3, 0.4) is 0 Å². The first-order valence-corrected chi connectivity index (χ1v) is 14.2. The molecule has 9 heteroatoms. The zero-order valence-corrected chi connectivity index (χ0v) is 24.7. The molecule has 0 saturated carbocycles. The number of amides is 2. The van der Waals surface area contributed by atoms with Crippen molar-refractivity contribution in [3.63, 3.8) is 0 Å². The number of aryl methyl sites for hydroxylation is 1. The maximum Gasteiger partial charge on any atom is 0.255 e. The molecule has 2 aliphatic heterocycles. The maximum absolute atomic E-state index is 14.2. The quantitative estimate of drug-likeness (QED) is 0.399. The van der Waals surface area contributed by atoms with Crippen molar-refractivity contribution in [3.8, 4) is 17.2 Å². The van der Waals surface area contributed by atoms with Gasteiger partial charge < -0.3 is 28.9 Å². The van der Waals surface area contributed by atoms with Crippen molar-refractivity contribution in [1.29, 1.82) is 0 Å². The molecule has 0 aromatic heterocycles. The van der Waals surface area contributed by atoms with E-state index in [1.165, 1.54) is 11.3 Å². The van der Waals surface area contributed by atoms with Crippen molar-refractivity contribution in [3.05, 3.63) is 82.4 Å².